The van der Waals surface area contributed by atoms with Gasteiger partial charge in [-0.2, -0.15) is 0 Å². The van der Waals surface area contributed by atoms with Crippen LogP contribution in [0.15, 0.2) is 11.8 Å². The summed E-state index contributed by atoms with van der Waals surface area (Å²) in [6.07, 6.45) is -5.07. The van der Waals surface area contributed by atoms with Crippen molar-refractivity contribution >= 4 is 17.6 Å². The van der Waals surface area contributed by atoms with Crippen LogP contribution in [-0.2, 0) is 23.9 Å². The predicted octanol–water partition coefficient (Wildman–Crippen LogP) is -1.99. The molecule has 45 heavy (non-hydrogen) atoms. The van der Waals surface area contributed by atoms with E-state index in [-0.39, 0.29) is 63.1 Å². The second-order valence-electron chi connectivity index (χ2n) is 10.7. The van der Waals surface area contributed by atoms with E-state index in [1.165, 1.54) is 6.92 Å². The van der Waals surface area contributed by atoms with Crippen molar-refractivity contribution in [3.8, 4) is 0 Å². The summed E-state index contributed by atoms with van der Waals surface area (Å²) in [5.74, 6) is -1.29. The number of rotatable bonds is 28. The van der Waals surface area contributed by atoms with Gasteiger partial charge < -0.3 is 66.1 Å². The second-order valence-corrected chi connectivity index (χ2v) is 10.7. The number of aliphatic hydroxyl groups is 9. The van der Waals surface area contributed by atoms with Crippen molar-refractivity contribution in [2.75, 3.05) is 33.0 Å². The first-order valence-corrected chi connectivity index (χ1v) is 15.3. The van der Waals surface area contributed by atoms with E-state index in [0.29, 0.717) is 51.5 Å². The number of amides is 2. The van der Waals surface area contributed by atoms with Crippen molar-refractivity contribution in [3.05, 3.63) is 11.8 Å². The Bertz CT molecular complexity index is 846. The van der Waals surface area contributed by atoms with Crippen LogP contribution in [0.3, 0.4) is 0 Å². The third-order valence-electron chi connectivity index (χ3n) is 6.73. The van der Waals surface area contributed by atoms with E-state index in [9.17, 15) is 50.1 Å². The number of ketones is 1. The molecule has 0 bridgehead atoms. The lowest BCUT2D eigenvalue weighted by Crippen LogP contribution is -2.45. The summed E-state index contributed by atoms with van der Waals surface area (Å²) < 4.78 is 10.1. The molecular weight excluding hydrogens is 600 g/mol. The van der Waals surface area contributed by atoms with Gasteiger partial charge in [-0.15, -0.1) is 0 Å². The maximum atomic E-state index is 12.2. The van der Waals surface area contributed by atoms with E-state index in [4.69, 9.17) is 19.7 Å². The molecule has 0 aliphatic rings. The topological polar surface area (TPSA) is 276 Å². The summed E-state index contributed by atoms with van der Waals surface area (Å²) in [6.45, 7) is 1.11. The summed E-state index contributed by atoms with van der Waals surface area (Å²) in [6, 6.07) is -0.661. The Morgan fingerprint density at radius 1 is 0.733 bits per heavy atom. The number of hydrogen-bond acceptors (Lipinski definition) is 14. The van der Waals surface area contributed by atoms with Crippen LogP contribution in [0.1, 0.15) is 77.6 Å². The standard InChI is InChI=1S/C29H54N2O14/c1-19(34)21(31-25(39)10-4-7-16-44-28(42)23(37)18-20(35)11-14-32)8-2-5-13-30-24(38)9-3-6-17-45-29(43)27(41)26(40)22(36)12-15-33/h18,20-22,26-29,32-33,35-37,40-43H,2-17H2,1H3,(H,30,38)(H,31,39)/b23-18-/t20?,21-,22?,26?,27?,28?,29?/m1/s1. The first-order chi connectivity index (χ1) is 21.3. The summed E-state index contributed by atoms with van der Waals surface area (Å²) in [5, 5.41) is 90.6. The molecule has 11 N–H and O–H groups in total. The van der Waals surface area contributed by atoms with Gasteiger partial charge in [0.25, 0.3) is 0 Å². The van der Waals surface area contributed by atoms with Gasteiger partial charge in [-0.3, -0.25) is 14.4 Å². The zero-order valence-corrected chi connectivity index (χ0v) is 26.0. The lowest BCUT2D eigenvalue weighted by atomic mass is 10.1. The van der Waals surface area contributed by atoms with Crippen LogP contribution in [0, 0.1) is 0 Å². The van der Waals surface area contributed by atoms with Gasteiger partial charge in [0.15, 0.2) is 12.1 Å². The predicted molar refractivity (Wildman–Crippen MR) is 159 cm³/mol. The molecule has 264 valence electrons. The molecule has 6 unspecified atom stereocenters. The number of hydrogen-bond donors (Lipinski definition) is 11. The van der Waals surface area contributed by atoms with Crippen molar-refractivity contribution in [3.63, 3.8) is 0 Å². The first-order valence-electron chi connectivity index (χ1n) is 15.3. The molecular formula is C29H54N2O14. The number of ether oxygens (including phenoxy) is 2. The Morgan fingerprint density at radius 3 is 1.93 bits per heavy atom. The molecule has 0 heterocycles. The zero-order valence-electron chi connectivity index (χ0n) is 26.0. The average Bonchev–Trinajstić information content (AvgIpc) is 2.98. The molecule has 0 spiro atoms. The molecule has 0 aliphatic carbocycles. The Balaban J connectivity index is 4.06. The second kappa shape index (κ2) is 25.9. The third-order valence-corrected chi connectivity index (χ3v) is 6.73. The highest BCUT2D eigenvalue weighted by atomic mass is 16.6. The molecule has 0 radical (unpaired) electrons. The van der Waals surface area contributed by atoms with E-state index >= 15 is 0 Å². The minimum Gasteiger partial charge on any atom is -0.507 e. The number of nitrogens with one attached hydrogen (secondary N) is 2. The van der Waals surface area contributed by atoms with Crippen molar-refractivity contribution in [1.82, 2.24) is 10.6 Å². The molecule has 0 aromatic rings. The number of unbranched alkanes of at least 4 members (excludes halogenated alkanes) is 3. The van der Waals surface area contributed by atoms with Gasteiger partial charge in [0.05, 0.1) is 24.9 Å². The summed E-state index contributed by atoms with van der Waals surface area (Å²) in [7, 11) is 0. The van der Waals surface area contributed by atoms with Gasteiger partial charge >= 0.3 is 0 Å². The lowest BCUT2D eigenvalue weighted by Gasteiger charge is -2.26. The highest BCUT2D eigenvalue weighted by Gasteiger charge is 2.30. The quantitative estimate of drug-likeness (QED) is 0.0248. The van der Waals surface area contributed by atoms with Gasteiger partial charge in [-0.1, -0.05) is 0 Å². The fourth-order valence-electron chi connectivity index (χ4n) is 3.99. The van der Waals surface area contributed by atoms with Crippen molar-refractivity contribution in [1.29, 1.82) is 0 Å². The van der Waals surface area contributed by atoms with Crippen LogP contribution in [0.2, 0.25) is 0 Å². The van der Waals surface area contributed by atoms with Crippen LogP contribution in [-0.4, -0.2) is 140 Å². The van der Waals surface area contributed by atoms with E-state index < -0.39 is 55.4 Å². The number of carbonyl (C=O) groups is 3. The Hall–Kier alpha value is -2.25. The summed E-state index contributed by atoms with van der Waals surface area (Å²) in [5.41, 5.74) is 0. The van der Waals surface area contributed by atoms with Gasteiger partial charge in [0.1, 0.15) is 18.0 Å². The highest BCUT2D eigenvalue weighted by molar-refractivity contribution is 5.87. The first kappa shape index (κ1) is 42.8. The maximum absolute atomic E-state index is 12.2. The molecule has 16 heteroatoms. The van der Waals surface area contributed by atoms with Crippen LogP contribution >= 0.6 is 0 Å². The van der Waals surface area contributed by atoms with Crippen LogP contribution in [0.5, 0.6) is 0 Å². The highest BCUT2D eigenvalue weighted by Crippen LogP contribution is 2.10. The molecule has 0 fully saturated rings. The number of aliphatic hydroxyl groups excluding tert-OH is 9. The smallest absolute Gasteiger partial charge is 0.220 e. The molecule has 7 atom stereocenters. The molecule has 0 aromatic heterocycles. The van der Waals surface area contributed by atoms with Crippen LogP contribution < -0.4 is 10.6 Å². The SMILES string of the molecule is CC(=O)[C@@H](CCCCNC(=O)CCCCOC(O)C(O)C(O)C(O)CCO)NC(=O)CCCCOC(O)/C(O)=C/C(O)CCO. The lowest BCUT2D eigenvalue weighted by molar-refractivity contribution is -0.203. The minimum absolute atomic E-state index is 0.000340. The summed E-state index contributed by atoms with van der Waals surface area (Å²) >= 11 is 0. The molecule has 0 rings (SSSR count). The summed E-state index contributed by atoms with van der Waals surface area (Å²) in [4.78, 5) is 36.2. The number of carbonyl (C=O) groups excluding carboxylic acids is 3. The van der Waals surface area contributed by atoms with E-state index in [2.05, 4.69) is 10.6 Å². The number of Topliss-reactive ketones (excluding diaryl/α,β-unsaturated/α-hetero) is 1. The van der Waals surface area contributed by atoms with E-state index in [1.54, 1.807) is 0 Å². The van der Waals surface area contributed by atoms with Crippen molar-refractivity contribution < 1.29 is 69.8 Å². The average molecular weight is 655 g/mol. The monoisotopic (exact) mass is 654 g/mol. The molecule has 0 aliphatic heterocycles. The van der Waals surface area contributed by atoms with Crippen LogP contribution in [0.25, 0.3) is 0 Å². The van der Waals surface area contributed by atoms with Crippen molar-refractivity contribution in [2.24, 2.45) is 0 Å². The van der Waals surface area contributed by atoms with Crippen LogP contribution in [0.4, 0.5) is 0 Å². The van der Waals surface area contributed by atoms with Gasteiger partial charge in [-0.25, -0.2) is 0 Å². The molecule has 0 saturated heterocycles. The normalized spacial score (nSPS) is 16.7. The zero-order chi connectivity index (χ0) is 34.2. The Labute approximate surface area is 263 Å². The molecule has 2 amide bonds. The minimum atomic E-state index is -1.76. The van der Waals surface area contributed by atoms with Crippen molar-refractivity contribution in [2.45, 2.75) is 121 Å². The fourth-order valence-corrected chi connectivity index (χ4v) is 3.99. The fraction of sp³-hybridized carbons (Fsp3) is 0.828. The van der Waals surface area contributed by atoms with Gasteiger partial charge in [-0.05, 0) is 64.4 Å². The molecule has 0 aromatic carbocycles. The van der Waals surface area contributed by atoms with Gasteiger partial charge in [0, 0.05) is 45.6 Å². The van der Waals surface area contributed by atoms with E-state index in [1.807, 2.05) is 0 Å². The Morgan fingerprint density at radius 2 is 1.33 bits per heavy atom. The molecule has 16 nitrogen and oxygen atoms in total. The largest absolute Gasteiger partial charge is 0.507 e. The third kappa shape index (κ3) is 21.2. The Kier molecular flexibility index (Phi) is 24.6. The van der Waals surface area contributed by atoms with Gasteiger partial charge in [0.2, 0.25) is 18.1 Å². The maximum Gasteiger partial charge on any atom is 0.220 e. The van der Waals surface area contributed by atoms with E-state index in [0.717, 1.165) is 6.08 Å². The molecule has 0 saturated carbocycles.